The van der Waals surface area contributed by atoms with E-state index in [1.807, 2.05) is 12.1 Å². The van der Waals surface area contributed by atoms with E-state index in [0.29, 0.717) is 28.0 Å². The average molecular weight is 415 g/mol. The van der Waals surface area contributed by atoms with Crippen molar-refractivity contribution < 1.29 is 19.0 Å². The molecule has 2 rings (SSSR count). The number of benzene rings is 2. The highest BCUT2D eigenvalue weighted by Crippen LogP contribution is 2.36. The predicted octanol–water partition coefficient (Wildman–Crippen LogP) is 4.53. The van der Waals surface area contributed by atoms with Crippen molar-refractivity contribution >= 4 is 39.1 Å². The summed E-state index contributed by atoms with van der Waals surface area (Å²) in [6, 6.07) is 10.4. The second-order valence-corrected chi connectivity index (χ2v) is 6.21. The molecule has 2 aromatic rings. The summed E-state index contributed by atoms with van der Waals surface area (Å²) in [5, 5.41) is 3.15. The van der Waals surface area contributed by atoms with Gasteiger partial charge in [0.1, 0.15) is 17.2 Å². The minimum absolute atomic E-state index is 0.319. The van der Waals surface area contributed by atoms with Crippen molar-refractivity contribution in [3.05, 3.63) is 45.9 Å². The molecule has 0 aromatic heterocycles. The minimum Gasteiger partial charge on any atom is -0.495 e. The third kappa shape index (κ3) is 4.55. The number of halogens is 2. The summed E-state index contributed by atoms with van der Waals surface area (Å²) in [6.07, 6.45) is -0.697. The Labute approximate surface area is 154 Å². The highest BCUT2D eigenvalue weighted by Gasteiger charge is 2.18. The third-order valence-electron chi connectivity index (χ3n) is 3.23. The van der Waals surface area contributed by atoms with Gasteiger partial charge in [-0.05, 0) is 31.2 Å². The Balaban J connectivity index is 2.12. The van der Waals surface area contributed by atoms with E-state index >= 15 is 0 Å². The van der Waals surface area contributed by atoms with E-state index in [4.69, 9.17) is 25.8 Å². The van der Waals surface area contributed by atoms with Gasteiger partial charge in [-0.2, -0.15) is 0 Å². The maximum absolute atomic E-state index is 12.4. The van der Waals surface area contributed by atoms with Crippen molar-refractivity contribution in [3.63, 3.8) is 0 Å². The summed E-state index contributed by atoms with van der Waals surface area (Å²) < 4.78 is 17.0. The van der Waals surface area contributed by atoms with Crippen LogP contribution in [0.4, 0.5) is 5.69 Å². The van der Waals surface area contributed by atoms with E-state index in [2.05, 4.69) is 21.2 Å². The topological polar surface area (TPSA) is 56.8 Å². The first kappa shape index (κ1) is 18.4. The van der Waals surface area contributed by atoms with E-state index < -0.39 is 6.10 Å². The molecule has 0 heterocycles. The lowest BCUT2D eigenvalue weighted by Gasteiger charge is -2.17. The van der Waals surface area contributed by atoms with Crippen LogP contribution in [0.2, 0.25) is 5.02 Å². The summed E-state index contributed by atoms with van der Waals surface area (Å²) in [5.74, 6) is 1.15. The van der Waals surface area contributed by atoms with Gasteiger partial charge < -0.3 is 19.5 Å². The van der Waals surface area contributed by atoms with Gasteiger partial charge in [-0.15, -0.1) is 0 Å². The normalized spacial score (nSPS) is 11.5. The van der Waals surface area contributed by atoms with E-state index in [-0.39, 0.29) is 5.91 Å². The van der Waals surface area contributed by atoms with Crippen LogP contribution in [0.5, 0.6) is 17.2 Å². The molecule has 0 aliphatic heterocycles. The number of nitrogens with one attached hydrogen (secondary N) is 1. The van der Waals surface area contributed by atoms with E-state index in [1.165, 1.54) is 14.2 Å². The Morgan fingerprint density at radius 2 is 1.75 bits per heavy atom. The standard InChI is InChI=1S/C17H17BrClNO4/c1-10(24-12-6-4-11(18)5-7-12)17(21)20-14-9-15(22-2)13(19)8-16(14)23-3/h4-10H,1-3H3,(H,20,21). The Morgan fingerprint density at radius 3 is 2.33 bits per heavy atom. The first-order chi connectivity index (χ1) is 11.4. The SMILES string of the molecule is COc1cc(NC(=O)C(C)Oc2ccc(Br)cc2)c(OC)cc1Cl. The molecule has 5 nitrogen and oxygen atoms in total. The molecule has 24 heavy (non-hydrogen) atoms. The smallest absolute Gasteiger partial charge is 0.265 e. The third-order valence-corrected chi connectivity index (χ3v) is 4.05. The summed E-state index contributed by atoms with van der Waals surface area (Å²) >= 11 is 9.40. The molecular formula is C17H17BrClNO4. The van der Waals surface area contributed by atoms with Crippen molar-refractivity contribution in [1.82, 2.24) is 0 Å². The van der Waals surface area contributed by atoms with Gasteiger partial charge in [0.2, 0.25) is 0 Å². The van der Waals surface area contributed by atoms with Crippen molar-refractivity contribution in [1.29, 1.82) is 0 Å². The molecular weight excluding hydrogens is 398 g/mol. The Morgan fingerprint density at radius 1 is 1.12 bits per heavy atom. The molecule has 0 radical (unpaired) electrons. The summed E-state index contributed by atoms with van der Waals surface area (Å²) in [4.78, 5) is 12.4. The van der Waals surface area contributed by atoms with E-state index in [1.54, 1.807) is 31.2 Å². The molecule has 1 unspecified atom stereocenters. The molecule has 0 aliphatic rings. The van der Waals surface area contributed by atoms with E-state index in [9.17, 15) is 4.79 Å². The molecule has 0 fully saturated rings. The quantitative estimate of drug-likeness (QED) is 0.755. The van der Waals surface area contributed by atoms with Gasteiger partial charge in [0, 0.05) is 16.6 Å². The summed E-state index contributed by atoms with van der Waals surface area (Å²) in [6.45, 7) is 1.66. The highest BCUT2D eigenvalue weighted by molar-refractivity contribution is 9.10. The van der Waals surface area contributed by atoms with Crippen molar-refractivity contribution in [2.75, 3.05) is 19.5 Å². The maximum atomic E-state index is 12.4. The molecule has 1 amide bonds. The molecule has 0 saturated heterocycles. The zero-order chi connectivity index (χ0) is 17.7. The molecule has 7 heteroatoms. The van der Waals surface area contributed by atoms with Gasteiger partial charge in [-0.3, -0.25) is 4.79 Å². The lowest BCUT2D eigenvalue weighted by atomic mass is 10.2. The number of anilines is 1. The highest BCUT2D eigenvalue weighted by atomic mass is 79.9. The first-order valence-electron chi connectivity index (χ1n) is 7.09. The average Bonchev–Trinajstić information content (AvgIpc) is 2.57. The summed E-state index contributed by atoms with van der Waals surface area (Å²) in [7, 11) is 2.99. The second kappa shape index (κ2) is 8.26. The van der Waals surface area contributed by atoms with Crippen LogP contribution in [-0.4, -0.2) is 26.2 Å². The van der Waals surface area contributed by atoms with Gasteiger partial charge in [-0.1, -0.05) is 27.5 Å². The molecule has 0 bridgehead atoms. The monoisotopic (exact) mass is 413 g/mol. The van der Waals surface area contributed by atoms with Crippen LogP contribution >= 0.6 is 27.5 Å². The lowest BCUT2D eigenvalue weighted by Crippen LogP contribution is -2.30. The molecule has 0 aliphatic carbocycles. The van der Waals surface area contributed by atoms with Crippen LogP contribution in [0.15, 0.2) is 40.9 Å². The number of amides is 1. The molecule has 0 spiro atoms. The van der Waals surface area contributed by atoms with E-state index in [0.717, 1.165) is 4.47 Å². The molecule has 1 atom stereocenters. The minimum atomic E-state index is -0.697. The Hall–Kier alpha value is -1.92. The van der Waals surface area contributed by atoms with Crippen molar-refractivity contribution in [2.24, 2.45) is 0 Å². The largest absolute Gasteiger partial charge is 0.495 e. The van der Waals surface area contributed by atoms with Crippen molar-refractivity contribution in [3.8, 4) is 17.2 Å². The van der Waals surface area contributed by atoms with Crippen LogP contribution in [0.3, 0.4) is 0 Å². The number of rotatable bonds is 6. The number of ether oxygens (including phenoxy) is 3. The number of hydrogen-bond acceptors (Lipinski definition) is 4. The Kier molecular flexibility index (Phi) is 6.34. The molecule has 2 aromatic carbocycles. The van der Waals surface area contributed by atoms with Gasteiger partial charge in [0.15, 0.2) is 6.10 Å². The fourth-order valence-corrected chi connectivity index (χ4v) is 2.46. The summed E-state index contributed by atoms with van der Waals surface area (Å²) in [5.41, 5.74) is 0.454. The fourth-order valence-electron chi connectivity index (χ4n) is 1.96. The first-order valence-corrected chi connectivity index (χ1v) is 8.26. The maximum Gasteiger partial charge on any atom is 0.265 e. The van der Waals surface area contributed by atoms with Crippen molar-refractivity contribution in [2.45, 2.75) is 13.0 Å². The second-order valence-electron chi connectivity index (χ2n) is 4.89. The number of carbonyl (C=O) groups excluding carboxylic acids is 1. The number of methoxy groups -OCH3 is 2. The fraction of sp³-hybridized carbons (Fsp3) is 0.235. The molecule has 128 valence electrons. The van der Waals surface area contributed by atoms with Crippen LogP contribution in [0.25, 0.3) is 0 Å². The van der Waals surface area contributed by atoms with Gasteiger partial charge in [0.25, 0.3) is 5.91 Å². The van der Waals surface area contributed by atoms with Crippen LogP contribution in [0, 0.1) is 0 Å². The number of hydrogen-bond donors (Lipinski definition) is 1. The van der Waals surface area contributed by atoms with Crippen LogP contribution in [0.1, 0.15) is 6.92 Å². The zero-order valence-corrected chi connectivity index (χ0v) is 15.8. The zero-order valence-electron chi connectivity index (χ0n) is 13.4. The van der Waals surface area contributed by atoms with Gasteiger partial charge in [0.05, 0.1) is 24.9 Å². The van der Waals surface area contributed by atoms with Gasteiger partial charge >= 0.3 is 0 Å². The Bertz CT molecular complexity index is 721. The predicted molar refractivity (Wildman–Crippen MR) is 97.4 cm³/mol. The molecule has 1 N–H and O–H groups in total. The molecule has 0 saturated carbocycles. The van der Waals surface area contributed by atoms with Crippen LogP contribution in [-0.2, 0) is 4.79 Å². The van der Waals surface area contributed by atoms with Crippen LogP contribution < -0.4 is 19.5 Å². The van der Waals surface area contributed by atoms with Gasteiger partial charge in [-0.25, -0.2) is 0 Å². The lowest BCUT2D eigenvalue weighted by molar-refractivity contribution is -0.122. The number of carbonyl (C=O) groups is 1.